The minimum Gasteiger partial charge on any atom is -0.341 e. The predicted molar refractivity (Wildman–Crippen MR) is 410 cm³/mol. The van der Waals surface area contributed by atoms with Gasteiger partial charge in [0.25, 0.3) is 0 Å². The fourth-order valence-electron chi connectivity index (χ4n) is 16.8. The largest absolute Gasteiger partial charge is 0.365 e. The molecule has 102 heavy (non-hydrogen) atoms. The van der Waals surface area contributed by atoms with Crippen LogP contribution in [0.5, 0.6) is 0 Å². The molecule has 15 nitrogen and oxygen atoms in total. The van der Waals surface area contributed by atoms with Crippen molar-refractivity contribution in [1.29, 1.82) is 0 Å². The fraction of sp³-hybridized carbons (Fsp3) is 0.437. The van der Waals surface area contributed by atoms with Crippen LogP contribution in [0.3, 0.4) is 0 Å². The topological polar surface area (TPSA) is 182 Å². The summed E-state index contributed by atoms with van der Waals surface area (Å²) in [7, 11) is 0. The Morgan fingerprint density at radius 3 is 1.52 bits per heavy atom. The van der Waals surface area contributed by atoms with Gasteiger partial charge in [0.2, 0.25) is 11.6 Å². The molecule has 0 N–H and O–H groups in total. The Hall–Kier alpha value is -9.37. The van der Waals surface area contributed by atoms with Crippen molar-refractivity contribution in [3.8, 4) is 0 Å². The van der Waals surface area contributed by atoms with Crippen molar-refractivity contribution in [2.75, 3.05) is 0 Å². The molecule has 9 aromatic rings. The van der Waals surface area contributed by atoms with E-state index in [9.17, 15) is 28.8 Å². The van der Waals surface area contributed by atoms with Crippen molar-refractivity contribution >= 4 is 113 Å². The van der Waals surface area contributed by atoms with Crippen molar-refractivity contribution < 1.29 is 43.3 Å². The summed E-state index contributed by atoms with van der Waals surface area (Å²) in [6.07, 6.45) is 24.7. The number of ketones is 3. The Kier molecular flexibility index (Phi) is 24.2. The number of rotatable bonds is 30. The van der Waals surface area contributed by atoms with Gasteiger partial charge in [-0.15, -0.1) is 0 Å². The molecule has 3 aliphatic rings. The van der Waals surface area contributed by atoms with Crippen LogP contribution in [0.1, 0.15) is 255 Å². The summed E-state index contributed by atoms with van der Waals surface area (Å²) in [5.74, 6) is -0.218. The minimum atomic E-state index is -0.612. The average molecular weight is 1370 g/mol. The van der Waals surface area contributed by atoms with Crippen molar-refractivity contribution in [2.24, 2.45) is 33.2 Å². The Labute approximate surface area is 599 Å². The summed E-state index contributed by atoms with van der Waals surface area (Å²) in [6, 6.07) is 42.3. The molecule has 3 aliphatic carbocycles. The number of allylic oxidation sites excluding steroid dienone is 1. The van der Waals surface area contributed by atoms with Crippen LogP contribution >= 0.6 is 0 Å². The lowest BCUT2D eigenvalue weighted by Gasteiger charge is -2.29. The lowest BCUT2D eigenvalue weighted by Crippen LogP contribution is -2.21. The number of oxime groups is 3. The SMILES string of the molecule is C/C=C\c1c(CC(=O)/C(CCC2CCC(c3ccc4c5cc(C(=O)/C(CCC6CCCCC6)=N/OC(=O)CCCCC)ccc5n(CC)c4c3)CC2)=N/OC(C)=O)c2ccc(C3CCC(CC/C(=N\OC(=O)c4ccccc4)C(=O)c4ccc5c(c4)c4ccccc4n5CC)CC3)cc2n1CC. The third-order valence-corrected chi connectivity index (χ3v) is 22.4. The van der Waals surface area contributed by atoms with Crippen LogP contribution in [-0.2, 0) is 55.0 Å². The number of aromatic nitrogens is 3. The number of carbonyl (C=O) groups is 6. The van der Waals surface area contributed by atoms with E-state index in [-0.39, 0.29) is 41.6 Å². The Morgan fingerprint density at radius 2 is 0.951 bits per heavy atom. The van der Waals surface area contributed by atoms with Crippen LogP contribution in [0, 0.1) is 17.8 Å². The fourth-order valence-corrected chi connectivity index (χ4v) is 16.8. The summed E-state index contributed by atoms with van der Waals surface area (Å²) in [4.78, 5) is 98.0. The first-order chi connectivity index (χ1) is 49.7. The lowest BCUT2D eigenvalue weighted by molar-refractivity contribution is -0.144. The van der Waals surface area contributed by atoms with E-state index in [2.05, 4.69) is 118 Å². The number of para-hydroxylation sites is 1. The molecular weight excluding hydrogens is 1270 g/mol. The van der Waals surface area contributed by atoms with Crippen LogP contribution < -0.4 is 0 Å². The molecule has 0 spiro atoms. The second-order valence-corrected chi connectivity index (χ2v) is 28.8. The van der Waals surface area contributed by atoms with Crippen LogP contribution in [0.15, 0.2) is 149 Å². The van der Waals surface area contributed by atoms with Crippen LogP contribution in [0.2, 0.25) is 0 Å². The first-order valence-corrected chi connectivity index (χ1v) is 38.1. The van der Waals surface area contributed by atoms with E-state index in [1.165, 1.54) is 37.3 Å². The number of carbonyl (C=O) groups excluding carboxylic acids is 6. The van der Waals surface area contributed by atoms with Gasteiger partial charge in [0, 0.05) is 111 Å². The number of hydrogen-bond acceptors (Lipinski definition) is 12. The van der Waals surface area contributed by atoms with E-state index in [1.54, 1.807) is 24.3 Å². The zero-order valence-electron chi connectivity index (χ0n) is 60.6. The molecule has 0 radical (unpaired) electrons. The van der Waals surface area contributed by atoms with Gasteiger partial charge < -0.3 is 28.2 Å². The molecule has 0 bridgehead atoms. The molecular formula is C87H100N6O9. The predicted octanol–water partition coefficient (Wildman–Crippen LogP) is 20.9. The molecule has 0 saturated heterocycles. The summed E-state index contributed by atoms with van der Waals surface area (Å²) >= 11 is 0. The average Bonchev–Trinajstić information content (AvgIpc) is 1.62. The molecule has 15 heteroatoms. The van der Waals surface area contributed by atoms with Gasteiger partial charge in [-0.3, -0.25) is 14.4 Å². The molecule has 3 heterocycles. The maximum Gasteiger partial charge on any atom is 0.365 e. The lowest BCUT2D eigenvalue weighted by atomic mass is 9.76. The molecule has 532 valence electrons. The van der Waals surface area contributed by atoms with E-state index in [0.717, 1.165) is 182 Å². The first kappa shape index (κ1) is 72.4. The highest BCUT2D eigenvalue weighted by molar-refractivity contribution is 6.47. The van der Waals surface area contributed by atoms with Crippen LogP contribution in [0.25, 0.3) is 60.6 Å². The second kappa shape index (κ2) is 34.1. The highest BCUT2D eigenvalue weighted by Crippen LogP contribution is 2.43. The smallest absolute Gasteiger partial charge is 0.341 e. The van der Waals surface area contributed by atoms with Gasteiger partial charge in [0.05, 0.1) is 5.56 Å². The standard InChI is InChI=1S/C87H100N6O9/c1-7-12-15-29-84(96)101-89-75(48-35-58-23-16-13-17-24-58)85(97)67-44-51-80-72(53-67)69-45-41-64(54-81(69)93(80)11-5)61-37-30-59(31-38-61)34-47-74(88-100-57(6)94)83(95)56-73-70-46-42-65(55-82(70)92(10-4)77(73)22-8-2)62-39-32-60(33-40-62)36-49-76(90-102-87(99)63-25-18-14-19-26-63)86(98)66-43-50-79-71(52-66)68-27-20-21-28-78(68)91(79)9-3/h8,14,18-22,25-28,41-46,50-55,58-62H,7,9-13,15-17,23-24,29-40,47-49,56H2,1-6H3/b22-8-,88-74+,89-75+,90-76+. The normalized spacial score (nSPS) is 18.1. The molecule has 0 aliphatic heterocycles. The van der Waals surface area contributed by atoms with Gasteiger partial charge in [-0.1, -0.05) is 134 Å². The molecule has 3 saturated carbocycles. The number of unbranched alkanes of at least 4 members (excludes halogenated alkanes) is 2. The van der Waals surface area contributed by atoms with Crippen LogP contribution in [-0.4, -0.2) is 66.1 Å². The third kappa shape index (κ3) is 16.6. The summed E-state index contributed by atoms with van der Waals surface area (Å²) in [5, 5.41) is 18.1. The number of fused-ring (bicyclic) bond motifs is 7. The molecule has 3 aromatic heterocycles. The number of benzene rings is 6. The number of Topliss-reactive ketones (excluding diaryl/α,β-unsaturated/α-hetero) is 3. The highest BCUT2D eigenvalue weighted by atomic mass is 16.7. The number of hydrogen-bond donors (Lipinski definition) is 0. The van der Waals surface area contributed by atoms with Gasteiger partial charge in [-0.05, 0) is 243 Å². The van der Waals surface area contributed by atoms with Gasteiger partial charge >= 0.3 is 17.9 Å². The third-order valence-electron chi connectivity index (χ3n) is 22.4. The quantitative estimate of drug-likeness (QED) is 0.0139. The molecule has 12 rings (SSSR count). The number of nitrogens with zero attached hydrogens (tertiary/aromatic N) is 6. The van der Waals surface area contributed by atoms with Crippen molar-refractivity contribution in [2.45, 2.75) is 227 Å². The van der Waals surface area contributed by atoms with Gasteiger partial charge in [0.1, 0.15) is 17.1 Å². The summed E-state index contributed by atoms with van der Waals surface area (Å²) in [6.45, 7) is 14.1. The monoisotopic (exact) mass is 1370 g/mol. The highest BCUT2D eigenvalue weighted by Gasteiger charge is 2.30. The molecule has 0 amide bonds. The Bertz CT molecular complexity index is 4670. The van der Waals surface area contributed by atoms with Crippen molar-refractivity contribution in [3.05, 3.63) is 173 Å². The van der Waals surface area contributed by atoms with Crippen molar-refractivity contribution in [3.63, 3.8) is 0 Å². The first-order valence-electron chi connectivity index (χ1n) is 38.1. The Morgan fingerprint density at radius 1 is 0.451 bits per heavy atom. The van der Waals surface area contributed by atoms with E-state index in [0.29, 0.717) is 77.8 Å². The van der Waals surface area contributed by atoms with Gasteiger partial charge in [0.15, 0.2) is 5.78 Å². The second-order valence-electron chi connectivity index (χ2n) is 28.8. The minimum absolute atomic E-state index is 0.109. The van der Waals surface area contributed by atoms with E-state index < -0.39 is 17.9 Å². The maximum atomic E-state index is 14.7. The maximum absolute atomic E-state index is 14.7. The van der Waals surface area contributed by atoms with Crippen molar-refractivity contribution in [1.82, 2.24) is 13.7 Å². The van der Waals surface area contributed by atoms with E-state index >= 15 is 0 Å². The summed E-state index contributed by atoms with van der Waals surface area (Å²) < 4.78 is 6.90. The molecule has 0 atom stereocenters. The van der Waals surface area contributed by atoms with Crippen LogP contribution in [0.4, 0.5) is 0 Å². The zero-order valence-corrected chi connectivity index (χ0v) is 60.6. The number of aryl methyl sites for hydroxylation is 3. The molecule has 3 fully saturated rings. The van der Waals surface area contributed by atoms with Gasteiger partial charge in [-0.25, -0.2) is 14.4 Å². The Balaban J connectivity index is 0.686. The molecule has 6 aromatic carbocycles. The van der Waals surface area contributed by atoms with Gasteiger partial charge in [-0.2, -0.15) is 0 Å². The zero-order chi connectivity index (χ0) is 71.2. The summed E-state index contributed by atoms with van der Waals surface area (Å²) in [5.41, 5.74) is 12.2. The van der Waals surface area contributed by atoms with E-state index in [1.807, 2.05) is 61.5 Å². The molecule has 0 unspecified atom stereocenters. The van der Waals surface area contributed by atoms with E-state index in [4.69, 9.17) is 14.5 Å².